The number of nitrogens with one attached hydrogen (secondary N) is 2. The zero-order chi connectivity index (χ0) is 9.52. The van der Waals surface area contributed by atoms with Gasteiger partial charge < -0.3 is 15.7 Å². The van der Waals surface area contributed by atoms with Crippen molar-refractivity contribution >= 4 is 18.3 Å². The molecule has 1 rings (SSSR count). The van der Waals surface area contributed by atoms with Crippen molar-refractivity contribution in [3.05, 3.63) is 0 Å². The van der Waals surface area contributed by atoms with Gasteiger partial charge in [0.15, 0.2) is 0 Å². The molecule has 0 radical (unpaired) electrons. The number of piperidine rings is 1. The molecule has 84 valence electrons. The largest absolute Gasteiger partial charge is 0.395 e. The molecule has 14 heavy (non-hydrogen) atoms. The normalized spacial score (nSPS) is 21.1. The topological polar surface area (TPSA) is 61.4 Å². The fraction of sp³-hybridized carbons (Fsp3) is 0.889. The molecule has 0 aromatic heterocycles. The predicted octanol–water partition coefficient (Wildman–Crippen LogP) is -0.0936. The maximum Gasteiger partial charge on any atom is 0.220 e. The Morgan fingerprint density at radius 1 is 1.57 bits per heavy atom. The van der Waals surface area contributed by atoms with Crippen LogP contribution in [0.1, 0.15) is 19.3 Å². The Balaban J connectivity index is 0.00000169. The average Bonchev–Trinajstić information content (AvgIpc) is 2.16. The van der Waals surface area contributed by atoms with Gasteiger partial charge in [0.2, 0.25) is 5.91 Å². The van der Waals surface area contributed by atoms with Gasteiger partial charge in [0.05, 0.1) is 6.61 Å². The van der Waals surface area contributed by atoms with Crippen molar-refractivity contribution in [3.63, 3.8) is 0 Å². The summed E-state index contributed by atoms with van der Waals surface area (Å²) in [6, 6.07) is 0. The van der Waals surface area contributed by atoms with Gasteiger partial charge in [-0.05, 0) is 31.8 Å². The van der Waals surface area contributed by atoms with Crippen LogP contribution < -0.4 is 10.6 Å². The van der Waals surface area contributed by atoms with Crippen LogP contribution in [-0.4, -0.2) is 37.3 Å². The maximum absolute atomic E-state index is 11.2. The van der Waals surface area contributed by atoms with Crippen LogP contribution in [0.3, 0.4) is 0 Å². The summed E-state index contributed by atoms with van der Waals surface area (Å²) in [5.41, 5.74) is 0. The third kappa shape index (κ3) is 5.42. The minimum atomic E-state index is 0. The van der Waals surface area contributed by atoms with Crippen LogP contribution in [0, 0.1) is 5.92 Å². The minimum Gasteiger partial charge on any atom is -0.395 e. The van der Waals surface area contributed by atoms with E-state index in [0.29, 0.717) is 18.9 Å². The highest BCUT2D eigenvalue weighted by Gasteiger charge is 2.15. The fourth-order valence-corrected chi connectivity index (χ4v) is 1.63. The lowest BCUT2D eigenvalue weighted by molar-refractivity contribution is -0.122. The molecule has 1 aliphatic heterocycles. The Morgan fingerprint density at radius 3 is 2.93 bits per heavy atom. The maximum atomic E-state index is 11.2. The van der Waals surface area contributed by atoms with Crippen LogP contribution in [0.2, 0.25) is 0 Å². The summed E-state index contributed by atoms with van der Waals surface area (Å²) in [6.07, 6.45) is 2.89. The molecule has 4 nitrogen and oxygen atoms in total. The van der Waals surface area contributed by atoms with Crippen LogP contribution >= 0.6 is 12.4 Å². The second kappa shape index (κ2) is 8.03. The molecule has 3 N–H and O–H groups in total. The van der Waals surface area contributed by atoms with E-state index in [0.717, 1.165) is 25.9 Å². The summed E-state index contributed by atoms with van der Waals surface area (Å²) < 4.78 is 0. The quantitative estimate of drug-likeness (QED) is 0.623. The number of halogens is 1. The second-order valence-corrected chi connectivity index (χ2v) is 3.49. The lowest BCUT2D eigenvalue weighted by Crippen LogP contribution is -2.34. The molecule has 1 amide bonds. The molecule has 0 spiro atoms. The van der Waals surface area contributed by atoms with E-state index in [1.54, 1.807) is 0 Å². The van der Waals surface area contributed by atoms with Crippen LogP contribution in [-0.2, 0) is 4.79 Å². The van der Waals surface area contributed by atoms with Crippen LogP contribution in [0.4, 0.5) is 0 Å². The number of aliphatic hydroxyl groups excluding tert-OH is 1. The average molecular weight is 223 g/mol. The first kappa shape index (κ1) is 13.7. The highest BCUT2D eigenvalue weighted by atomic mass is 35.5. The third-order valence-electron chi connectivity index (χ3n) is 2.31. The van der Waals surface area contributed by atoms with E-state index in [1.165, 1.54) is 0 Å². The lowest BCUT2D eigenvalue weighted by atomic mass is 9.96. The van der Waals surface area contributed by atoms with Crippen molar-refractivity contribution in [2.45, 2.75) is 19.3 Å². The molecular weight excluding hydrogens is 204 g/mol. The number of hydrogen-bond acceptors (Lipinski definition) is 3. The van der Waals surface area contributed by atoms with Crippen LogP contribution in [0.25, 0.3) is 0 Å². The van der Waals surface area contributed by atoms with E-state index in [2.05, 4.69) is 10.6 Å². The van der Waals surface area contributed by atoms with E-state index >= 15 is 0 Å². The summed E-state index contributed by atoms with van der Waals surface area (Å²) in [4.78, 5) is 11.2. The van der Waals surface area contributed by atoms with Gasteiger partial charge in [-0.25, -0.2) is 0 Å². The minimum absolute atomic E-state index is 0. The van der Waals surface area contributed by atoms with Gasteiger partial charge in [0.1, 0.15) is 0 Å². The summed E-state index contributed by atoms with van der Waals surface area (Å²) >= 11 is 0. The highest BCUT2D eigenvalue weighted by molar-refractivity contribution is 5.85. The predicted molar refractivity (Wildman–Crippen MR) is 57.6 cm³/mol. The van der Waals surface area contributed by atoms with E-state index in [9.17, 15) is 4.79 Å². The first-order valence-corrected chi connectivity index (χ1v) is 4.91. The van der Waals surface area contributed by atoms with E-state index in [4.69, 9.17) is 5.11 Å². The second-order valence-electron chi connectivity index (χ2n) is 3.49. The van der Waals surface area contributed by atoms with Crippen molar-refractivity contribution in [3.8, 4) is 0 Å². The Kier molecular flexibility index (Phi) is 7.84. The van der Waals surface area contributed by atoms with Gasteiger partial charge in [-0.15, -0.1) is 12.4 Å². The van der Waals surface area contributed by atoms with E-state index < -0.39 is 0 Å². The first-order chi connectivity index (χ1) is 6.33. The van der Waals surface area contributed by atoms with Gasteiger partial charge in [-0.1, -0.05) is 0 Å². The molecule has 1 fully saturated rings. The molecule has 1 heterocycles. The number of amides is 1. The molecule has 1 unspecified atom stereocenters. The van der Waals surface area contributed by atoms with Crippen molar-refractivity contribution < 1.29 is 9.90 Å². The summed E-state index contributed by atoms with van der Waals surface area (Å²) in [5.74, 6) is 0.537. The highest BCUT2D eigenvalue weighted by Crippen LogP contribution is 2.13. The molecule has 0 aliphatic carbocycles. The van der Waals surface area contributed by atoms with Crippen LogP contribution in [0.5, 0.6) is 0 Å². The van der Waals surface area contributed by atoms with Gasteiger partial charge in [0, 0.05) is 13.0 Å². The van der Waals surface area contributed by atoms with Crippen molar-refractivity contribution in [2.24, 2.45) is 5.92 Å². The van der Waals surface area contributed by atoms with Crippen molar-refractivity contribution in [1.29, 1.82) is 0 Å². The number of hydrogen-bond donors (Lipinski definition) is 3. The van der Waals surface area contributed by atoms with Crippen LogP contribution in [0.15, 0.2) is 0 Å². The number of carbonyl (C=O) groups excluding carboxylic acids is 1. The molecule has 1 saturated heterocycles. The molecule has 1 atom stereocenters. The number of aliphatic hydroxyl groups is 1. The zero-order valence-corrected chi connectivity index (χ0v) is 9.11. The standard InChI is InChI=1S/C9H18N2O2.ClH/c12-5-4-11-9(13)6-8-2-1-3-10-7-8;/h8,10,12H,1-7H2,(H,11,13);1H. The molecular formula is C9H19ClN2O2. The number of carbonyl (C=O) groups is 1. The fourth-order valence-electron chi connectivity index (χ4n) is 1.63. The SMILES string of the molecule is Cl.O=C(CC1CCCNC1)NCCO. The molecule has 0 aromatic carbocycles. The van der Waals surface area contributed by atoms with Crippen molar-refractivity contribution in [2.75, 3.05) is 26.2 Å². The van der Waals surface area contributed by atoms with E-state index in [1.807, 2.05) is 0 Å². The summed E-state index contributed by atoms with van der Waals surface area (Å²) in [6.45, 7) is 2.43. The molecule has 0 aromatic rings. The molecule has 5 heteroatoms. The Bertz CT molecular complexity index is 161. The molecule has 0 saturated carbocycles. The van der Waals surface area contributed by atoms with Gasteiger partial charge in [-0.2, -0.15) is 0 Å². The first-order valence-electron chi connectivity index (χ1n) is 4.91. The Morgan fingerprint density at radius 2 is 2.36 bits per heavy atom. The van der Waals surface area contributed by atoms with Gasteiger partial charge in [-0.3, -0.25) is 4.79 Å². The summed E-state index contributed by atoms with van der Waals surface area (Å²) in [5, 5.41) is 14.4. The molecule has 1 aliphatic rings. The van der Waals surface area contributed by atoms with E-state index in [-0.39, 0.29) is 24.9 Å². The monoisotopic (exact) mass is 222 g/mol. The summed E-state index contributed by atoms with van der Waals surface area (Å²) in [7, 11) is 0. The van der Waals surface area contributed by atoms with Gasteiger partial charge in [0.25, 0.3) is 0 Å². The number of rotatable bonds is 4. The molecule has 0 bridgehead atoms. The third-order valence-corrected chi connectivity index (χ3v) is 2.31. The lowest BCUT2D eigenvalue weighted by Gasteiger charge is -2.21. The zero-order valence-electron chi connectivity index (χ0n) is 8.29. The van der Waals surface area contributed by atoms with Gasteiger partial charge >= 0.3 is 0 Å². The Labute approximate surface area is 90.9 Å². The Hall–Kier alpha value is -0.320. The smallest absolute Gasteiger partial charge is 0.220 e. The van der Waals surface area contributed by atoms with Crippen molar-refractivity contribution in [1.82, 2.24) is 10.6 Å².